The van der Waals surface area contributed by atoms with Gasteiger partial charge in [0, 0.05) is 12.7 Å². The fourth-order valence-corrected chi connectivity index (χ4v) is 2.95. The van der Waals surface area contributed by atoms with E-state index in [0.717, 1.165) is 18.3 Å². The standard InChI is InChI=1S/C12H9Cl2FN2O3S/c13-9-3-7(1-2-11(9)15)5-17-21(19,20)8-4-10(14)12(18)16-6-8/h1-4,6,17H,5H2,(H,16,18). The molecule has 0 saturated carbocycles. The van der Waals surface area contributed by atoms with Gasteiger partial charge in [0.25, 0.3) is 5.56 Å². The summed E-state index contributed by atoms with van der Waals surface area (Å²) in [6.07, 6.45) is 1.04. The summed E-state index contributed by atoms with van der Waals surface area (Å²) >= 11 is 11.2. The highest BCUT2D eigenvalue weighted by Gasteiger charge is 2.15. The minimum absolute atomic E-state index is 0.0842. The Hall–Kier alpha value is -1.41. The van der Waals surface area contributed by atoms with Crippen LogP contribution in [0.15, 0.2) is 40.2 Å². The Kier molecular flexibility index (Phi) is 4.67. The zero-order chi connectivity index (χ0) is 15.6. The maximum atomic E-state index is 13.0. The number of hydrogen-bond acceptors (Lipinski definition) is 3. The minimum Gasteiger partial charge on any atom is -0.326 e. The van der Waals surface area contributed by atoms with Crippen molar-refractivity contribution in [1.82, 2.24) is 9.71 Å². The quantitative estimate of drug-likeness (QED) is 0.887. The molecule has 2 N–H and O–H groups in total. The van der Waals surface area contributed by atoms with Gasteiger partial charge in [0.2, 0.25) is 10.0 Å². The molecular weight excluding hydrogens is 342 g/mol. The van der Waals surface area contributed by atoms with Crippen LogP contribution in [0, 0.1) is 5.82 Å². The van der Waals surface area contributed by atoms with Crippen molar-refractivity contribution < 1.29 is 12.8 Å². The van der Waals surface area contributed by atoms with Crippen LogP contribution in [0.25, 0.3) is 0 Å². The summed E-state index contributed by atoms with van der Waals surface area (Å²) in [5.74, 6) is -0.587. The molecule has 5 nitrogen and oxygen atoms in total. The zero-order valence-corrected chi connectivity index (χ0v) is 12.7. The first-order valence-electron chi connectivity index (χ1n) is 5.61. The van der Waals surface area contributed by atoms with Gasteiger partial charge in [-0.25, -0.2) is 17.5 Å². The van der Waals surface area contributed by atoms with Gasteiger partial charge in [-0.3, -0.25) is 4.79 Å². The largest absolute Gasteiger partial charge is 0.326 e. The van der Waals surface area contributed by atoms with Crippen LogP contribution in [0.1, 0.15) is 5.56 Å². The molecule has 0 spiro atoms. The molecule has 2 rings (SSSR count). The van der Waals surface area contributed by atoms with Crippen molar-refractivity contribution >= 4 is 33.2 Å². The van der Waals surface area contributed by atoms with Gasteiger partial charge in [-0.15, -0.1) is 0 Å². The Morgan fingerprint density at radius 2 is 1.90 bits per heavy atom. The van der Waals surface area contributed by atoms with Crippen LogP contribution >= 0.6 is 23.2 Å². The second-order valence-electron chi connectivity index (χ2n) is 4.09. The number of aromatic nitrogens is 1. The third-order valence-electron chi connectivity index (χ3n) is 2.59. The van der Waals surface area contributed by atoms with E-state index in [1.807, 2.05) is 0 Å². The molecule has 1 aromatic heterocycles. The van der Waals surface area contributed by atoms with E-state index in [9.17, 15) is 17.6 Å². The number of sulfonamides is 1. The van der Waals surface area contributed by atoms with Crippen LogP contribution in [-0.2, 0) is 16.6 Å². The topological polar surface area (TPSA) is 79.0 Å². The lowest BCUT2D eigenvalue weighted by atomic mass is 10.2. The van der Waals surface area contributed by atoms with Gasteiger partial charge in [0.05, 0.1) is 9.92 Å². The molecule has 0 fully saturated rings. The van der Waals surface area contributed by atoms with Gasteiger partial charge in [0.15, 0.2) is 0 Å². The van der Waals surface area contributed by atoms with E-state index in [4.69, 9.17) is 23.2 Å². The lowest BCUT2D eigenvalue weighted by molar-refractivity contribution is 0.580. The summed E-state index contributed by atoms with van der Waals surface area (Å²) in [6.45, 7) is -0.0842. The fourth-order valence-electron chi connectivity index (χ4n) is 1.50. The fraction of sp³-hybridized carbons (Fsp3) is 0.0833. The molecule has 9 heteroatoms. The molecule has 112 valence electrons. The predicted octanol–water partition coefficient (Wildman–Crippen LogP) is 2.30. The number of nitrogens with one attached hydrogen (secondary N) is 2. The van der Waals surface area contributed by atoms with Crippen molar-refractivity contribution in [2.45, 2.75) is 11.4 Å². The SMILES string of the molecule is O=c1[nH]cc(S(=O)(=O)NCc2ccc(F)c(Cl)c2)cc1Cl. The summed E-state index contributed by atoms with van der Waals surface area (Å²) in [5, 5.41) is -0.332. The van der Waals surface area contributed by atoms with E-state index < -0.39 is 21.4 Å². The maximum Gasteiger partial charge on any atom is 0.266 e. The lowest BCUT2D eigenvalue weighted by Crippen LogP contribution is -2.24. The third-order valence-corrected chi connectivity index (χ3v) is 4.54. The summed E-state index contributed by atoms with van der Waals surface area (Å²) in [6, 6.07) is 4.91. The number of benzene rings is 1. The number of hydrogen-bond donors (Lipinski definition) is 2. The first kappa shape index (κ1) is 16.0. The van der Waals surface area contributed by atoms with Crippen molar-refractivity contribution in [3.05, 3.63) is 62.2 Å². The summed E-state index contributed by atoms with van der Waals surface area (Å²) in [7, 11) is -3.86. The summed E-state index contributed by atoms with van der Waals surface area (Å²) < 4.78 is 39.3. The molecule has 0 aliphatic rings. The minimum atomic E-state index is -3.86. The average molecular weight is 351 g/mol. The zero-order valence-electron chi connectivity index (χ0n) is 10.4. The van der Waals surface area contributed by atoms with E-state index in [-0.39, 0.29) is 21.5 Å². The predicted molar refractivity (Wildman–Crippen MR) is 77.5 cm³/mol. The molecule has 1 aromatic carbocycles. The van der Waals surface area contributed by atoms with Gasteiger partial charge in [-0.1, -0.05) is 29.3 Å². The van der Waals surface area contributed by atoms with Crippen molar-refractivity contribution in [1.29, 1.82) is 0 Å². The van der Waals surface area contributed by atoms with Gasteiger partial charge in [-0.2, -0.15) is 0 Å². The highest BCUT2D eigenvalue weighted by Crippen LogP contribution is 2.17. The van der Waals surface area contributed by atoms with Crippen molar-refractivity contribution in [2.24, 2.45) is 0 Å². The molecule has 0 atom stereocenters. The normalized spacial score (nSPS) is 11.6. The highest BCUT2D eigenvalue weighted by atomic mass is 35.5. The summed E-state index contributed by atoms with van der Waals surface area (Å²) in [4.78, 5) is 13.1. The second kappa shape index (κ2) is 6.15. The smallest absolute Gasteiger partial charge is 0.266 e. The Morgan fingerprint density at radius 1 is 1.19 bits per heavy atom. The summed E-state index contributed by atoms with van der Waals surface area (Å²) in [5.41, 5.74) is -0.0959. The van der Waals surface area contributed by atoms with Crippen LogP contribution in [0.4, 0.5) is 4.39 Å². The Bertz CT molecular complexity index is 837. The van der Waals surface area contributed by atoms with Crippen LogP contribution in [0.3, 0.4) is 0 Å². The van der Waals surface area contributed by atoms with E-state index in [1.165, 1.54) is 12.1 Å². The van der Waals surface area contributed by atoms with Gasteiger partial charge in [0.1, 0.15) is 10.8 Å². The average Bonchev–Trinajstić information content (AvgIpc) is 2.43. The Morgan fingerprint density at radius 3 is 2.52 bits per heavy atom. The molecule has 0 radical (unpaired) electrons. The van der Waals surface area contributed by atoms with E-state index in [0.29, 0.717) is 5.56 Å². The van der Waals surface area contributed by atoms with Crippen LogP contribution in [0.2, 0.25) is 10.0 Å². The number of pyridine rings is 1. The molecule has 0 unspecified atom stereocenters. The molecule has 0 amide bonds. The van der Waals surface area contributed by atoms with Gasteiger partial charge < -0.3 is 4.98 Å². The molecule has 2 aromatic rings. The van der Waals surface area contributed by atoms with Crippen LogP contribution in [-0.4, -0.2) is 13.4 Å². The molecule has 1 heterocycles. The maximum absolute atomic E-state index is 13.0. The molecule has 0 aliphatic carbocycles. The molecule has 21 heavy (non-hydrogen) atoms. The lowest BCUT2D eigenvalue weighted by Gasteiger charge is -2.07. The number of halogens is 3. The van der Waals surface area contributed by atoms with Gasteiger partial charge in [-0.05, 0) is 23.8 Å². The Balaban J connectivity index is 2.19. The number of H-pyrrole nitrogens is 1. The van der Waals surface area contributed by atoms with Crippen molar-refractivity contribution in [3.8, 4) is 0 Å². The third kappa shape index (κ3) is 3.82. The van der Waals surface area contributed by atoms with E-state index >= 15 is 0 Å². The number of rotatable bonds is 4. The first-order chi connectivity index (χ1) is 9.79. The van der Waals surface area contributed by atoms with Crippen molar-refractivity contribution in [3.63, 3.8) is 0 Å². The molecule has 0 saturated heterocycles. The first-order valence-corrected chi connectivity index (χ1v) is 7.85. The van der Waals surface area contributed by atoms with Crippen molar-refractivity contribution in [2.75, 3.05) is 0 Å². The second-order valence-corrected chi connectivity index (χ2v) is 6.67. The Labute approximate surface area is 129 Å². The molecule has 0 bridgehead atoms. The van der Waals surface area contributed by atoms with Gasteiger partial charge >= 0.3 is 0 Å². The van der Waals surface area contributed by atoms with E-state index in [2.05, 4.69) is 9.71 Å². The molecular formula is C12H9Cl2FN2O3S. The highest BCUT2D eigenvalue weighted by molar-refractivity contribution is 7.89. The van der Waals surface area contributed by atoms with Crippen LogP contribution in [0.5, 0.6) is 0 Å². The van der Waals surface area contributed by atoms with E-state index in [1.54, 1.807) is 0 Å². The number of aromatic amines is 1. The monoisotopic (exact) mass is 350 g/mol. The van der Waals surface area contributed by atoms with Crippen LogP contribution < -0.4 is 10.3 Å². The molecule has 0 aliphatic heterocycles.